The Morgan fingerprint density at radius 3 is 2.32 bits per heavy atom. The monoisotopic (exact) mass is 630 g/mol. The average Bonchev–Trinajstić information content (AvgIpc) is 3.67. The molecule has 0 bridgehead atoms. The third kappa shape index (κ3) is 8.09. The van der Waals surface area contributed by atoms with Crippen molar-refractivity contribution in [3.05, 3.63) is 144 Å². The molecule has 0 radical (unpaired) electrons. The molecule has 244 valence electrons. The third-order valence-electron chi connectivity index (χ3n) is 9.65. The number of carbonyl (C=O) groups is 1. The van der Waals surface area contributed by atoms with Crippen LogP contribution >= 0.6 is 0 Å². The van der Waals surface area contributed by atoms with Gasteiger partial charge in [0.1, 0.15) is 0 Å². The number of nitrogens with one attached hydrogen (secondary N) is 1. The van der Waals surface area contributed by atoms with Crippen LogP contribution in [0.15, 0.2) is 116 Å². The predicted octanol–water partition coefficient (Wildman–Crippen LogP) is 8.00. The van der Waals surface area contributed by atoms with Gasteiger partial charge in [-0.3, -0.25) is 9.69 Å². The first-order valence-electron chi connectivity index (χ1n) is 16.9. The van der Waals surface area contributed by atoms with E-state index in [1.54, 1.807) is 0 Å². The number of rotatable bonds is 12. The van der Waals surface area contributed by atoms with Crippen LogP contribution in [-0.2, 0) is 22.6 Å². The average molecular weight is 631 g/mol. The van der Waals surface area contributed by atoms with Gasteiger partial charge in [-0.15, -0.1) is 6.58 Å². The lowest BCUT2D eigenvalue weighted by molar-refractivity contribution is -0.276. The topological polar surface area (TPSA) is 71.0 Å². The molecule has 1 amide bonds. The number of benzene rings is 4. The quantitative estimate of drug-likeness (QED) is 0.155. The third-order valence-corrected chi connectivity index (χ3v) is 9.65. The van der Waals surface area contributed by atoms with E-state index >= 15 is 0 Å². The number of aliphatic hydroxyl groups excluding tert-OH is 1. The van der Waals surface area contributed by atoms with Crippen LogP contribution in [0.3, 0.4) is 0 Å². The minimum atomic E-state index is -0.541. The molecule has 2 N–H and O–H groups in total. The molecule has 0 aromatic heterocycles. The van der Waals surface area contributed by atoms with Crippen LogP contribution in [0.4, 0.5) is 0 Å². The molecule has 1 saturated carbocycles. The second-order valence-corrected chi connectivity index (χ2v) is 12.9. The molecule has 2 aliphatic rings. The van der Waals surface area contributed by atoms with E-state index in [0.717, 1.165) is 46.5 Å². The Hall–Kier alpha value is -4.07. The molecule has 1 heterocycles. The zero-order valence-electron chi connectivity index (χ0n) is 27.3. The number of nitrogens with zero attached hydrogens (tertiary/aromatic N) is 1. The zero-order valence-corrected chi connectivity index (χ0v) is 27.3. The van der Waals surface area contributed by atoms with Gasteiger partial charge in [-0.25, -0.2) is 0 Å². The smallest absolute Gasteiger partial charge is 0.251 e. The Bertz CT molecular complexity index is 1620. The number of ether oxygens (including phenoxy) is 2. The largest absolute Gasteiger partial charge is 0.392 e. The molecule has 6 rings (SSSR count). The lowest BCUT2D eigenvalue weighted by Crippen LogP contribution is -2.47. The molecule has 47 heavy (non-hydrogen) atoms. The summed E-state index contributed by atoms with van der Waals surface area (Å²) in [5.41, 5.74) is 6.74. The van der Waals surface area contributed by atoms with Gasteiger partial charge in [0, 0.05) is 42.7 Å². The van der Waals surface area contributed by atoms with E-state index in [1.165, 1.54) is 25.7 Å². The summed E-state index contributed by atoms with van der Waals surface area (Å²) < 4.78 is 13.6. The maximum atomic E-state index is 12.6. The Kier molecular flexibility index (Phi) is 11.0. The van der Waals surface area contributed by atoms with Crippen molar-refractivity contribution in [1.29, 1.82) is 0 Å². The summed E-state index contributed by atoms with van der Waals surface area (Å²) in [7, 11) is 0. The molecule has 0 spiro atoms. The number of carbonyl (C=O) groups excluding carboxylic acids is 1. The fourth-order valence-corrected chi connectivity index (χ4v) is 6.97. The van der Waals surface area contributed by atoms with E-state index in [1.807, 2.05) is 60.7 Å². The minimum Gasteiger partial charge on any atom is -0.392 e. The number of aliphatic hydroxyl groups is 1. The lowest BCUT2D eigenvalue weighted by atomic mass is 9.89. The summed E-state index contributed by atoms with van der Waals surface area (Å²) >= 11 is 0. The molecule has 4 unspecified atom stereocenters. The van der Waals surface area contributed by atoms with Gasteiger partial charge in [-0.2, -0.15) is 0 Å². The van der Waals surface area contributed by atoms with E-state index in [0.29, 0.717) is 18.2 Å². The molecule has 1 aliphatic carbocycles. The van der Waals surface area contributed by atoms with E-state index in [9.17, 15) is 9.90 Å². The van der Waals surface area contributed by atoms with Crippen molar-refractivity contribution >= 4 is 5.91 Å². The Morgan fingerprint density at radius 1 is 0.872 bits per heavy atom. The number of amides is 1. The summed E-state index contributed by atoms with van der Waals surface area (Å²) in [6, 6.07) is 34.6. The maximum Gasteiger partial charge on any atom is 0.251 e. The Balaban J connectivity index is 1.24. The van der Waals surface area contributed by atoms with Crippen LogP contribution in [0.1, 0.15) is 77.6 Å². The first kappa shape index (κ1) is 32.9. The van der Waals surface area contributed by atoms with E-state index in [2.05, 4.69) is 72.3 Å². The van der Waals surface area contributed by atoms with Gasteiger partial charge < -0.3 is 19.9 Å². The van der Waals surface area contributed by atoms with Gasteiger partial charge in [-0.1, -0.05) is 105 Å². The number of hydrogen-bond acceptors (Lipinski definition) is 5. The van der Waals surface area contributed by atoms with Gasteiger partial charge in [-0.05, 0) is 64.9 Å². The molecular formula is C41H46N2O4. The molecule has 4 atom stereocenters. The summed E-state index contributed by atoms with van der Waals surface area (Å²) in [6.07, 6.45) is 6.25. The van der Waals surface area contributed by atoms with Crippen LogP contribution in [0, 0.1) is 5.92 Å². The highest BCUT2D eigenvalue weighted by Gasteiger charge is 2.40. The van der Waals surface area contributed by atoms with Crippen molar-refractivity contribution in [1.82, 2.24) is 10.2 Å². The maximum absolute atomic E-state index is 12.6. The standard InChI is InChI=1S/C41H46N2O4/c1-3-23-43(37-17-7-8-18-37)27-38-29(2)39(32-21-19-30(28-44)20-22-32)47-41(46-38)36-16-10-15-35(25-36)34-14-9-11-31(24-34)26-42-40(45)33-12-5-4-6-13-33/h3-6,9-16,19-22,24-25,29,37-39,41,44H,1,7-8,17-18,23,26-28H2,2H3,(H,42,45). The van der Waals surface area contributed by atoms with Crippen LogP contribution in [-0.4, -0.2) is 41.1 Å². The van der Waals surface area contributed by atoms with Crippen molar-refractivity contribution in [2.75, 3.05) is 13.1 Å². The molecule has 4 aromatic rings. The van der Waals surface area contributed by atoms with Crippen LogP contribution < -0.4 is 5.32 Å². The highest BCUT2D eigenvalue weighted by Crippen LogP contribution is 2.43. The summed E-state index contributed by atoms with van der Waals surface area (Å²) in [6.45, 7) is 8.40. The molecule has 6 nitrogen and oxygen atoms in total. The van der Waals surface area contributed by atoms with Gasteiger partial charge in [0.25, 0.3) is 5.91 Å². The van der Waals surface area contributed by atoms with Crippen molar-refractivity contribution < 1.29 is 19.4 Å². The van der Waals surface area contributed by atoms with Gasteiger partial charge >= 0.3 is 0 Å². The van der Waals surface area contributed by atoms with Crippen LogP contribution in [0.25, 0.3) is 11.1 Å². The first-order chi connectivity index (χ1) is 23.0. The lowest BCUT2D eigenvalue weighted by Gasteiger charge is -2.43. The first-order valence-corrected chi connectivity index (χ1v) is 16.9. The van der Waals surface area contributed by atoms with Crippen LogP contribution in [0.5, 0.6) is 0 Å². The fourth-order valence-electron chi connectivity index (χ4n) is 6.97. The van der Waals surface area contributed by atoms with Crippen LogP contribution in [0.2, 0.25) is 0 Å². The number of hydrogen-bond donors (Lipinski definition) is 2. The van der Waals surface area contributed by atoms with Crippen molar-refractivity contribution in [2.24, 2.45) is 5.92 Å². The highest BCUT2D eigenvalue weighted by atomic mass is 16.7. The summed E-state index contributed by atoms with van der Waals surface area (Å²) in [4.78, 5) is 15.2. The molecule has 4 aromatic carbocycles. The minimum absolute atomic E-state index is 0.0149. The van der Waals surface area contributed by atoms with E-state index in [-0.39, 0.29) is 30.6 Å². The Labute approximate surface area is 279 Å². The normalized spacial score (nSPS) is 21.5. The van der Waals surface area contributed by atoms with Crippen molar-refractivity contribution in [3.63, 3.8) is 0 Å². The molecule has 1 saturated heterocycles. The summed E-state index contributed by atoms with van der Waals surface area (Å²) in [5, 5.41) is 12.7. The van der Waals surface area contributed by atoms with E-state index < -0.39 is 6.29 Å². The SMILES string of the molecule is C=CCN(CC1OC(c2cccc(-c3cccc(CNC(=O)c4ccccc4)c3)c2)OC(c2ccc(CO)cc2)C1C)C1CCCC1. The highest BCUT2D eigenvalue weighted by molar-refractivity contribution is 5.94. The Morgan fingerprint density at radius 2 is 1.60 bits per heavy atom. The molecule has 2 fully saturated rings. The van der Waals surface area contributed by atoms with E-state index in [4.69, 9.17) is 9.47 Å². The molecular weight excluding hydrogens is 584 g/mol. The molecule has 1 aliphatic heterocycles. The molecule has 6 heteroatoms. The van der Waals surface area contributed by atoms with Gasteiger partial charge in [0.05, 0.1) is 18.8 Å². The second kappa shape index (κ2) is 15.7. The zero-order chi connectivity index (χ0) is 32.6. The van der Waals surface area contributed by atoms with Gasteiger partial charge in [0.2, 0.25) is 0 Å². The van der Waals surface area contributed by atoms with Crippen molar-refractivity contribution in [2.45, 2.75) is 70.3 Å². The van der Waals surface area contributed by atoms with Crippen molar-refractivity contribution in [3.8, 4) is 11.1 Å². The second-order valence-electron chi connectivity index (χ2n) is 12.9. The fraction of sp³-hybridized carbons (Fsp3) is 0.341. The van der Waals surface area contributed by atoms with Gasteiger partial charge in [0.15, 0.2) is 6.29 Å². The predicted molar refractivity (Wildman–Crippen MR) is 186 cm³/mol. The summed E-state index contributed by atoms with van der Waals surface area (Å²) in [5.74, 6) is 0.0272.